The van der Waals surface area contributed by atoms with Crippen molar-refractivity contribution < 1.29 is 27.9 Å². The van der Waals surface area contributed by atoms with Gasteiger partial charge in [-0.1, -0.05) is 12.1 Å². The minimum atomic E-state index is -0.890. The van der Waals surface area contributed by atoms with Crippen molar-refractivity contribution in [3.8, 4) is 11.1 Å². The van der Waals surface area contributed by atoms with Gasteiger partial charge in [0.1, 0.15) is 17.0 Å². The number of piperidine rings is 1. The molecule has 0 saturated carbocycles. The van der Waals surface area contributed by atoms with E-state index in [1.165, 1.54) is 12.1 Å². The third-order valence-electron chi connectivity index (χ3n) is 6.85. The van der Waals surface area contributed by atoms with Gasteiger partial charge in [0.2, 0.25) is 5.91 Å². The van der Waals surface area contributed by atoms with Crippen LogP contribution in [0.3, 0.4) is 0 Å². The number of hydrogen-bond acceptors (Lipinski definition) is 5. The lowest BCUT2D eigenvalue weighted by Gasteiger charge is -2.30. The lowest BCUT2D eigenvalue weighted by atomic mass is 9.97. The van der Waals surface area contributed by atoms with Crippen LogP contribution in [-0.2, 0) is 16.0 Å². The van der Waals surface area contributed by atoms with E-state index >= 15 is 0 Å². The number of aryl methyl sites for hydroxylation is 1. The first-order chi connectivity index (χ1) is 16.8. The number of carboxylic acids is 1. The minimum absolute atomic E-state index is 0.0955. The van der Waals surface area contributed by atoms with Gasteiger partial charge in [-0.3, -0.25) is 9.59 Å². The number of benzene rings is 2. The SMILES string of the molecule is Cc1c(CCC(=O)N2CCC[C@H](C(=O)O)C2)c(=O)oc2cc3occ(-c4ccc(F)cc4)c3cc12. The van der Waals surface area contributed by atoms with Crippen LogP contribution in [0, 0.1) is 18.7 Å². The fraction of sp³-hybridized carbons (Fsp3) is 0.296. The van der Waals surface area contributed by atoms with Crippen LogP contribution < -0.4 is 5.63 Å². The van der Waals surface area contributed by atoms with Crippen molar-refractivity contribution >= 4 is 33.8 Å². The van der Waals surface area contributed by atoms with Gasteiger partial charge in [-0.05, 0) is 55.5 Å². The summed E-state index contributed by atoms with van der Waals surface area (Å²) in [5.74, 6) is -1.93. The minimum Gasteiger partial charge on any atom is -0.481 e. The Hall–Kier alpha value is -3.94. The summed E-state index contributed by atoms with van der Waals surface area (Å²) in [6.45, 7) is 2.55. The molecule has 0 radical (unpaired) electrons. The summed E-state index contributed by atoms with van der Waals surface area (Å²) in [6.07, 6.45) is 3.10. The number of carbonyl (C=O) groups excluding carboxylic acids is 1. The Balaban J connectivity index is 1.45. The van der Waals surface area contributed by atoms with Crippen molar-refractivity contribution in [1.29, 1.82) is 0 Å². The number of likely N-dealkylation sites (tertiary alicyclic amines) is 1. The molecule has 1 fully saturated rings. The molecule has 1 aliphatic heterocycles. The average Bonchev–Trinajstić information content (AvgIpc) is 3.26. The van der Waals surface area contributed by atoms with Gasteiger partial charge < -0.3 is 18.8 Å². The number of carboxylic acid groups (broad SMARTS) is 1. The quantitative estimate of drug-likeness (QED) is 0.410. The average molecular weight is 477 g/mol. The molecule has 0 spiro atoms. The molecule has 0 unspecified atom stereocenters. The summed E-state index contributed by atoms with van der Waals surface area (Å²) in [5, 5.41) is 10.8. The molecule has 7 nitrogen and oxygen atoms in total. The van der Waals surface area contributed by atoms with Gasteiger partial charge in [0.05, 0.1) is 12.2 Å². The molecule has 1 N–H and O–H groups in total. The second-order valence-electron chi connectivity index (χ2n) is 9.01. The van der Waals surface area contributed by atoms with E-state index < -0.39 is 17.5 Å². The number of aliphatic carboxylic acids is 1. The van der Waals surface area contributed by atoms with E-state index in [-0.39, 0.29) is 31.1 Å². The summed E-state index contributed by atoms with van der Waals surface area (Å²) < 4.78 is 24.6. The van der Waals surface area contributed by atoms with Gasteiger partial charge >= 0.3 is 11.6 Å². The first kappa shape index (κ1) is 22.8. The Labute approximate surface area is 199 Å². The molecule has 35 heavy (non-hydrogen) atoms. The predicted molar refractivity (Wildman–Crippen MR) is 128 cm³/mol. The second kappa shape index (κ2) is 9.02. The Morgan fingerprint density at radius 3 is 2.66 bits per heavy atom. The van der Waals surface area contributed by atoms with E-state index in [1.807, 2.05) is 13.0 Å². The van der Waals surface area contributed by atoms with Crippen LogP contribution in [-0.4, -0.2) is 35.0 Å². The second-order valence-corrected chi connectivity index (χ2v) is 9.01. The summed E-state index contributed by atoms with van der Waals surface area (Å²) in [5.41, 5.74) is 3.15. The number of nitrogens with zero attached hydrogens (tertiary/aromatic N) is 1. The molecule has 8 heteroatoms. The van der Waals surface area contributed by atoms with E-state index in [4.69, 9.17) is 8.83 Å². The molecule has 5 rings (SSSR count). The lowest BCUT2D eigenvalue weighted by molar-refractivity contribution is -0.145. The topological polar surface area (TPSA) is 101 Å². The third kappa shape index (κ3) is 4.32. The molecule has 2 aromatic heterocycles. The highest BCUT2D eigenvalue weighted by molar-refractivity contribution is 6.02. The summed E-state index contributed by atoms with van der Waals surface area (Å²) in [4.78, 5) is 38.4. The van der Waals surface area contributed by atoms with Gasteiger partial charge in [-0.15, -0.1) is 0 Å². The highest BCUT2D eigenvalue weighted by atomic mass is 19.1. The van der Waals surface area contributed by atoms with Gasteiger partial charge in [-0.2, -0.15) is 0 Å². The van der Waals surface area contributed by atoms with Crippen LogP contribution in [0.5, 0.6) is 0 Å². The Kier molecular flexibility index (Phi) is 5.88. The van der Waals surface area contributed by atoms with Crippen LogP contribution in [0.4, 0.5) is 4.39 Å². The van der Waals surface area contributed by atoms with E-state index in [0.717, 1.165) is 27.5 Å². The van der Waals surface area contributed by atoms with Crippen molar-refractivity contribution in [3.05, 3.63) is 70.0 Å². The van der Waals surface area contributed by atoms with Crippen LogP contribution in [0.25, 0.3) is 33.1 Å². The summed E-state index contributed by atoms with van der Waals surface area (Å²) in [7, 11) is 0. The maximum absolute atomic E-state index is 13.4. The van der Waals surface area contributed by atoms with E-state index in [9.17, 15) is 23.9 Å². The molecular formula is C27H24FNO6. The van der Waals surface area contributed by atoms with E-state index in [2.05, 4.69) is 0 Å². The number of halogens is 1. The fourth-order valence-electron chi connectivity index (χ4n) is 4.85. The standard InChI is InChI=1S/C27H24FNO6/c1-15-19(8-9-25(30)29-10-2-3-17(13-29)26(31)32)27(33)35-24-12-23-21(11-20(15)24)22(14-34-23)16-4-6-18(28)7-5-16/h4-7,11-12,14,17H,2-3,8-10,13H2,1H3,(H,31,32)/t17-/m0/s1. The molecular weight excluding hydrogens is 453 g/mol. The molecule has 0 bridgehead atoms. The van der Waals surface area contributed by atoms with Gasteiger partial charge in [-0.25, -0.2) is 9.18 Å². The maximum atomic E-state index is 13.4. The first-order valence-electron chi connectivity index (χ1n) is 11.6. The lowest BCUT2D eigenvalue weighted by Crippen LogP contribution is -2.42. The molecule has 4 aromatic rings. The molecule has 1 atom stereocenters. The van der Waals surface area contributed by atoms with Crippen molar-refractivity contribution in [3.63, 3.8) is 0 Å². The molecule has 3 heterocycles. The fourth-order valence-corrected chi connectivity index (χ4v) is 4.85. The zero-order valence-electron chi connectivity index (χ0n) is 19.2. The number of rotatable bonds is 5. The number of fused-ring (bicyclic) bond motifs is 2. The number of furan rings is 1. The number of hydrogen-bond donors (Lipinski definition) is 1. The van der Waals surface area contributed by atoms with Crippen molar-refractivity contribution in [2.75, 3.05) is 13.1 Å². The molecule has 1 amide bonds. The summed E-state index contributed by atoms with van der Waals surface area (Å²) in [6, 6.07) is 9.67. The van der Waals surface area contributed by atoms with Crippen LogP contribution in [0.15, 0.2) is 56.3 Å². The normalized spacial score (nSPS) is 16.2. The van der Waals surface area contributed by atoms with Crippen molar-refractivity contribution in [2.24, 2.45) is 5.92 Å². The Bertz CT molecular complexity index is 1500. The molecule has 1 aliphatic rings. The predicted octanol–water partition coefficient (Wildman–Crippen LogP) is 4.91. The van der Waals surface area contributed by atoms with Crippen LogP contribution in [0.1, 0.15) is 30.4 Å². The largest absolute Gasteiger partial charge is 0.481 e. The maximum Gasteiger partial charge on any atom is 0.339 e. The molecule has 1 saturated heterocycles. The summed E-state index contributed by atoms with van der Waals surface area (Å²) >= 11 is 0. The Morgan fingerprint density at radius 2 is 1.91 bits per heavy atom. The van der Waals surface area contributed by atoms with Gasteiger partial charge in [0.15, 0.2) is 0 Å². The van der Waals surface area contributed by atoms with Crippen LogP contribution >= 0.6 is 0 Å². The van der Waals surface area contributed by atoms with E-state index in [1.54, 1.807) is 29.4 Å². The van der Waals surface area contributed by atoms with E-state index in [0.29, 0.717) is 36.1 Å². The molecule has 180 valence electrons. The Morgan fingerprint density at radius 1 is 1.14 bits per heavy atom. The monoisotopic (exact) mass is 477 g/mol. The van der Waals surface area contributed by atoms with Gasteiger partial charge in [0.25, 0.3) is 0 Å². The smallest absolute Gasteiger partial charge is 0.339 e. The molecule has 2 aromatic carbocycles. The number of amides is 1. The zero-order chi connectivity index (χ0) is 24.7. The highest BCUT2D eigenvalue weighted by Crippen LogP contribution is 2.34. The van der Waals surface area contributed by atoms with Crippen molar-refractivity contribution in [2.45, 2.75) is 32.6 Å². The zero-order valence-corrected chi connectivity index (χ0v) is 19.2. The van der Waals surface area contributed by atoms with Crippen molar-refractivity contribution in [1.82, 2.24) is 4.90 Å². The third-order valence-corrected chi connectivity index (χ3v) is 6.85. The highest BCUT2D eigenvalue weighted by Gasteiger charge is 2.28. The molecule has 0 aliphatic carbocycles. The first-order valence-corrected chi connectivity index (χ1v) is 11.6. The van der Waals surface area contributed by atoms with Gasteiger partial charge in [0, 0.05) is 47.5 Å². The van der Waals surface area contributed by atoms with Crippen LogP contribution in [0.2, 0.25) is 0 Å². The number of carbonyl (C=O) groups is 2.